The first-order valence-electron chi connectivity index (χ1n) is 8.41. The van der Waals surface area contributed by atoms with Crippen LogP contribution >= 0.6 is 0 Å². The summed E-state index contributed by atoms with van der Waals surface area (Å²) in [4.78, 5) is 25.1. The summed E-state index contributed by atoms with van der Waals surface area (Å²) >= 11 is 0. The van der Waals surface area contributed by atoms with Crippen LogP contribution in [0.1, 0.15) is 33.5 Å². The van der Waals surface area contributed by atoms with Gasteiger partial charge in [-0.3, -0.25) is 0 Å². The molecule has 0 atom stereocenters. The van der Waals surface area contributed by atoms with Gasteiger partial charge in [0.25, 0.3) is 11.6 Å². The van der Waals surface area contributed by atoms with Gasteiger partial charge in [0.2, 0.25) is 5.89 Å². The molecule has 8 heteroatoms. The lowest BCUT2D eigenvalue weighted by Crippen LogP contribution is -2.08. The lowest BCUT2D eigenvalue weighted by atomic mass is 10.2. The molecule has 0 aliphatic heterocycles. The first-order valence-corrected chi connectivity index (χ1v) is 8.41. The Morgan fingerprint density at radius 1 is 1.11 bits per heavy atom. The molecule has 0 spiro atoms. The van der Waals surface area contributed by atoms with E-state index in [1.54, 1.807) is 6.92 Å². The summed E-state index contributed by atoms with van der Waals surface area (Å²) in [7, 11) is 0. The van der Waals surface area contributed by atoms with E-state index >= 15 is 0 Å². The van der Waals surface area contributed by atoms with Crippen molar-refractivity contribution in [2.24, 2.45) is 0 Å². The number of fused-ring (bicyclic) bond motifs is 1. The summed E-state index contributed by atoms with van der Waals surface area (Å²) < 4.78 is 12.5. The van der Waals surface area contributed by atoms with E-state index in [0.717, 1.165) is 17.0 Å². The second kappa shape index (κ2) is 6.64. The summed E-state index contributed by atoms with van der Waals surface area (Å²) in [5.41, 5.74) is 3.05. The smallest absolute Gasteiger partial charge is 0.378 e. The SMILES string of the molecule is Cc1cc(C)n2nc(C(=O)OCc3nc(-c4ccccc4)oc3C)nc2n1. The average Bonchev–Trinajstić information content (AvgIpc) is 3.24. The van der Waals surface area contributed by atoms with E-state index in [-0.39, 0.29) is 12.4 Å². The van der Waals surface area contributed by atoms with Gasteiger partial charge in [-0.05, 0) is 39.0 Å². The molecule has 0 fully saturated rings. The van der Waals surface area contributed by atoms with Gasteiger partial charge in [0.05, 0.1) is 0 Å². The van der Waals surface area contributed by atoms with Crippen molar-refractivity contribution in [2.75, 3.05) is 0 Å². The van der Waals surface area contributed by atoms with E-state index in [0.29, 0.717) is 23.1 Å². The predicted octanol–water partition coefficient (Wildman–Crippen LogP) is 3.06. The molecule has 3 heterocycles. The number of aryl methyl sites for hydroxylation is 3. The molecule has 0 bridgehead atoms. The second-order valence-corrected chi connectivity index (χ2v) is 6.15. The number of esters is 1. The van der Waals surface area contributed by atoms with Gasteiger partial charge in [0.1, 0.15) is 18.1 Å². The molecule has 3 aromatic heterocycles. The number of rotatable bonds is 4. The molecular formula is C19H17N5O3. The number of carbonyl (C=O) groups is 1. The Morgan fingerprint density at radius 2 is 1.89 bits per heavy atom. The zero-order valence-electron chi connectivity index (χ0n) is 15.1. The van der Waals surface area contributed by atoms with E-state index < -0.39 is 5.97 Å². The van der Waals surface area contributed by atoms with Crippen LogP contribution in [0.3, 0.4) is 0 Å². The van der Waals surface area contributed by atoms with Crippen LogP contribution in [-0.4, -0.2) is 30.5 Å². The van der Waals surface area contributed by atoms with Gasteiger partial charge in [-0.25, -0.2) is 19.3 Å². The van der Waals surface area contributed by atoms with Crippen LogP contribution in [-0.2, 0) is 11.3 Å². The summed E-state index contributed by atoms with van der Waals surface area (Å²) in [5.74, 6) is 0.767. The van der Waals surface area contributed by atoms with Crippen molar-refractivity contribution in [1.29, 1.82) is 0 Å². The van der Waals surface area contributed by atoms with Crippen molar-refractivity contribution < 1.29 is 13.9 Å². The third-order valence-electron chi connectivity index (χ3n) is 4.05. The van der Waals surface area contributed by atoms with Gasteiger partial charge < -0.3 is 9.15 Å². The Balaban J connectivity index is 1.51. The average molecular weight is 363 g/mol. The Kier molecular flexibility index (Phi) is 4.15. The molecule has 0 aliphatic carbocycles. The molecule has 8 nitrogen and oxygen atoms in total. The van der Waals surface area contributed by atoms with Gasteiger partial charge >= 0.3 is 5.97 Å². The molecule has 0 N–H and O–H groups in total. The fourth-order valence-corrected chi connectivity index (χ4v) is 2.72. The zero-order chi connectivity index (χ0) is 19.0. The molecule has 4 aromatic rings. The van der Waals surface area contributed by atoms with E-state index in [1.807, 2.05) is 50.2 Å². The minimum atomic E-state index is -0.638. The molecule has 4 rings (SSSR count). The summed E-state index contributed by atoms with van der Waals surface area (Å²) in [6, 6.07) is 11.4. The zero-order valence-corrected chi connectivity index (χ0v) is 15.1. The molecule has 0 radical (unpaired) electrons. The minimum absolute atomic E-state index is 0.0258. The van der Waals surface area contributed by atoms with Gasteiger partial charge in [0.15, 0.2) is 0 Å². The van der Waals surface area contributed by atoms with Gasteiger partial charge in [-0.1, -0.05) is 18.2 Å². The molecule has 1 aromatic carbocycles. The van der Waals surface area contributed by atoms with Gasteiger partial charge in [-0.15, -0.1) is 5.10 Å². The number of carbonyl (C=O) groups excluding carboxylic acids is 1. The number of aromatic nitrogens is 5. The van der Waals surface area contributed by atoms with E-state index in [2.05, 4.69) is 20.1 Å². The largest absolute Gasteiger partial charge is 0.453 e. The number of nitrogens with zero attached hydrogens (tertiary/aromatic N) is 5. The van der Waals surface area contributed by atoms with E-state index in [9.17, 15) is 4.79 Å². The highest BCUT2D eigenvalue weighted by Crippen LogP contribution is 2.22. The third kappa shape index (κ3) is 3.29. The van der Waals surface area contributed by atoms with Crippen molar-refractivity contribution in [3.8, 4) is 11.5 Å². The van der Waals surface area contributed by atoms with Crippen molar-refractivity contribution >= 4 is 11.7 Å². The maximum atomic E-state index is 12.3. The molecule has 0 unspecified atom stereocenters. The highest BCUT2D eigenvalue weighted by molar-refractivity contribution is 5.85. The maximum Gasteiger partial charge on any atom is 0.378 e. The van der Waals surface area contributed by atoms with Crippen LogP contribution in [0.2, 0.25) is 0 Å². The lowest BCUT2D eigenvalue weighted by Gasteiger charge is -1.99. The fourth-order valence-electron chi connectivity index (χ4n) is 2.72. The highest BCUT2D eigenvalue weighted by Gasteiger charge is 2.19. The maximum absolute atomic E-state index is 12.3. The van der Waals surface area contributed by atoms with Crippen molar-refractivity contribution in [1.82, 2.24) is 24.6 Å². The second-order valence-electron chi connectivity index (χ2n) is 6.15. The third-order valence-corrected chi connectivity index (χ3v) is 4.05. The molecule has 0 saturated carbocycles. The van der Waals surface area contributed by atoms with E-state index in [1.165, 1.54) is 4.52 Å². The summed E-state index contributed by atoms with van der Waals surface area (Å²) in [6.45, 7) is 5.48. The van der Waals surface area contributed by atoms with E-state index in [4.69, 9.17) is 9.15 Å². The van der Waals surface area contributed by atoms with Crippen LogP contribution in [0.15, 0.2) is 40.8 Å². The Bertz CT molecular complexity index is 1130. The standard InChI is InChI=1S/C19H17N5O3/c1-11-9-12(2)24-19(20-11)22-16(23-24)18(25)26-10-15-13(3)27-17(21-15)14-7-5-4-6-8-14/h4-9H,10H2,1-3H3. The molecule has 27 heavy (non-hydrogen) atoms. The van der Waals surface area contributed by atoms with Crippen LogP contribution in [0.25, 0.3) is 17.2 Å². The quantitative estimate of drug-likeness (QED) is 0.514. The number of hydrogen-bond acceptors (Lipinski definition) is 7. The fraction of sp³-hybridized carbons (Fsp3) is 0.211. The number of ether oxygens (including phenoxy) is 1. The molecule has 0 aliphatic rings. The normalized spacial score (nSPS) is 11.1. The first-order chi connectivity index (χ1) is 13.0. The van der Waals surface area contributed by atoms with Crippen molar-refractivity contribution in [3.05, 3.63) is 65.1 Å². The highest BCUT2D eigenvalue weighted by atomic mass is 16.5. The Morgan fingerprint density at radius 3 is 2.67 bits per heavy atom. The van der Waals surface area contributed by atoms with Crippen molar-refractivity contribution in [3.63, 3.8) is 0 Å². The number of benzene rings is 1. The Hall–Kier alpha value is -3.55. The minimum Gasteiger partial charge on any atom is -0.453 e. The first kappa shape index (κ1) is 16.9. The molecule has 136 valence electrons. The summed E-state index contributed by atoms with van der Waals surface area (Å²) in [6.07, 6.45) is 0. The van der Waals surface area contributed by atoms with Crippen molar-refractivity contribution in [2.45, 2.75) is 27.4 Å². The number of oxazole rings is 1. The van der Waals surface area contributed by atoms with Gasteiger partial charge in [0, 0.05) is 17.0 Å². The molecular weight excluding hydrogens is 346 g/mol. The van der Waals surface area contributed by atoms with Crippen LogP contribution in [0, 0.1) is 20.8 Å². The number of hydrogen-bond donors (Lipinski definition) is 0. The van der Waals surface area contributed by atoms with Gasteiger partial charge in [-0.2, -0.15) is 4.98 Å². The topological polar surface area (TPSA) is 95.4 Å². The van der Waals surface area contributed by atoms with Crippen LogP contribution in [0.5, 0.6) is 0 Å². The van der Waals surface area contributed by atoms with Crippen LogP contribution in [0.4, 0.5) is 0 Å². The Labute approximate surface area is 154 Å². The molecule has 0 amide bonds. The van der Waals surface area contributed by atoms with Crippen LogP contribution < -0.4 is 0 Å². The monoisotopic (exact) mass is 363 g/mol. The molecule has 0 saturated heterocycles. The predicted molar refractivity (Wildman–Crippen MR) is 96.1 cm³/mol. The lowest BCUT2D eigenvalue weighted by molar-refractivity contribution is 0.0452. The summed E-state index contributed by atoms with van der Waals surface area (Å²) in [5, 5.41) is 4.17.